The van der Waals surface area contributed by atoms with E-state index >= 15 is 0 Å². The maximum absolute atomic E-state index is 12.7. The molecule has 3 fully saturated rings. The van der Waals surface area contributed by atoms with E-state index in [-0.39, 0.29) is 5.92 Å². The molecule has 0 radical (unpaired) electrons. The van der Waals surface area contributed by atoms with E-state index in [4.69, 9.17) is 14.2 Å². The normalized spacial score (nSPS) is 45.1. The minimum absolute atomic E-state index is 0.0969. The first-order valence-corrected chi connectivity index (χ1v) is 8.77. The van der Waals surface area contributed by atoms with E-state index in [1.54, 1.807) is 6.92 Å². The van der Waals surface area contributed by atoms with Crippen molar-refractivity contribution in [1.29, 1.82) is 0 Å². The van der Waals surface area contributed by atoms with Gasteiger partial charge in [-0.25, -0.2) is 0 Å². The van der Waals surface area contributed by atoms with Crippen molar-refractivity contribution in [3.63, 3.8) is 0 Å². The van der Waals surface area contributed by atoms with Crippen LogP contribution in [0, 0.1) is 29.1 Å². The van der Waals surface area contributed by atoms with Gasteiger partial charge < -0.3 is 19.3 Å². The number of methoxy groups -OCH3 is 1. The van der Waals surface area contributed by atoms with E-state index in [9.17, 15) is 19.5 Å². The molecule has 7 atom stereocenters. The summed E-state index contributed by atoms with van der Waals surface area (Å²) in [5.74, 6) is -3.45. The smallest absolute Gasteiger partial charge is 0.312 e. The molecule has 0 aromatic rings. The summed E-state index contributed by atoms with van der Waals surface area (Å²) in [7, 11) is 1.28. The van der Waals surface area contributed by atoms with Crippen LogP contribution in [-0.4, -0.2) is 47.9 Å². The zero-order chi connectivity index (χ0) is 18.7. The maximum Gasteiger partial charge on any atom is 0.312 e. The molecule has 2 saturated carbocycles. The lowest BCUT2D eigenvalue weighted by atomic mass is 9.52. The fourth-order valence-corrected chi connectivity index (χ4v) is 5.56. The van der Waals surface area contributed by atoms with Gasteiger partial charge in [-0.05, 0) is 18.8 Å². The van der Waals surface area contributed by atoms with Crippen LogP contribution >= 0.6 is 0 Å². The number of hydrogen-bond acceptors (Lipinski definition) is 7. The lowest BCUT2D eigenvalue weighted by Crippen LogP contribution is -2.69. The van der Waals surface area contributed by atoms with Gasteiger partial charge in [0.2, 0.25) is 0 Å². The molecule has 1 saturated heterocycles. The van der Waals surface area contributed by atoms with Gasteiger partial charge in [-0.1, -0.05) is 20.8 Å². The quantitative estimate of drug-likeness (QED) is 0.598. The predicted octanol–water partition coefficient (Wildman–Crippen LogP) is 1.07. The summed E-state index contributed by atoms with van der Waals surface area (Å²) in [4.78, 5) is 36.8. The van der Waals surface area contributed by atoms with Crippen LogP contribution in [0.15, 0.2) is 0 Å². The van der Waals surface area contributed by atoms with E-state index in [2.05, 4.69) is 0 Å². The zero-order valence-corrected chi connectivity index (χ0v) is 15.3. The summed E-state index contributed by atoms with van der Waals surface area (Å²) in [6.45, 7) is 6.85. The molecule has 1 heterocycles. The summed E-state index contributed by atoms with van der Waals surface area (Å²) < 4.78 is 16.1. The lowest BCUT2D eigenvalue weighted by molar-refractivity contribution is -0.243. The molecule has 0 bridgehead atoms. The second-order valence-electron chi connectivity index (χ2n) is 8.05. The molecule has 7 heteroatoms. The monoisotopic (exact) mass is 354 g/mol. The first kappa shape index (κ1) is 18.2. The molecule has 3 rings (SSSR count). The van der Waals surface area contributed by atoms with Crippen molar-refractivity contribution in [2.45, 2.75) is 58.3 Å². The van der Waals surface area contributed by atoms with E-state index in [0.29, 0.717) is 12.8 Å². The van der Waals surface area contributed by atoms with E-state index in [1.807, 2.05) is 13.8 Å². The SMILES string of the molecule is COC(=O)[C@H]1[C@H](C(C)C)[C@@H](OC(C)=O)[C@H]2OC(=O)[C@H]3CC[C@]1(O)[C@]32C. The van der Waals surface area contributed by atoms with Crippen LogP contribution in [0.3, 0.4) is 0 Å². The van der Waals surface area contributed by atoms with Crippen molar-refractivity contribution in [2.24, 2.45) is 29.1 Å². The fraction of sp³-hybridized carbons (Fsp3) is 0.833. The van der Waals surface area contributed by atoms with Gasteiger partial charge in [0.1, 0.15) is 12.2 Å². The van der Waals surface area contributed by atoms with Gasteiger partial charge in [0, 0.05) is 12.8 Å². The third kappa shape index (κ3) is 2.17. The fourth-order valence-electron chi connectivity index (χ4n) is 5.56. The Labute approximate surface area is 147 Å². The van der Waals surface area contributed by atoms with E-state index < -0.39 is 58.9 Å². The van der Waals surface area contributed by atoms with E-state index in [1.165, 1.54) is 14.0 Å². The second kappa shape index (κ2) is 5.69. The molecular weight excluding hydrogens is 328 g/mol. The molecule has 140 valence electrons. The molecule has 25 heavy (non-hydrogen) atoms. The van der Waals surface area contributed by atoms with E-state index in [0.717, 1.165) is 0 Å². The van der Waals surface area contributed by atoms with Crippen molar-refractivity contribution in [3.8, 4) is 0 Å². The highest BCUT2D eigenvalue weighted by molar-refractivity contribution is 5.81. The van der Waals surface area contributed by atoms with Crippen molar-refractivity contribution < 1.29 is 33.7 Å². The van der Waals surface area contributed by atoms with Crippen molar-refractivity contribution in [1.82, 2.24) is 0 Å². The largest absolute Gasteiger partial charge is 0.469 e. The summed E-state index contributed by atoms with van der Waals surface area (Å²) in [6, 6.07) is 0. The molecule has 2 aliphatic carbocycles. The Hall–Kier alpha value is -1.63. The molecule has 1 N–H and O–H groups in total. The molecule has 0 aromatic heterocycles. The molecule has 0 spiro atoms. The summed E-state index contributed by atoms with van der Waals surface area (Å²) in [5, 5.41) is 11.6. The molecule has 0 amide bonds. The number of carbonyl (C=O) groups is 3. The van der Waals surface area contributed by atoms with Crippen molar-refractivity contribution in [3.05, 3.63) is 0 Å². The Morgan fingerprint density at radius 2 is 2.00 bits per heavy atom. The Balaban J connectivity index is 2.20. The van der Waals surface area contributed by atoms with Crippen LogP contribution in [-0.2, 0) is 28.6 Å². The molecule has 0 unspecified atom stereocenters. The zero-order valence-electron chi connectivity index (χ0n) is 15.3. The first-order valence-electron chi connectivity index (χ1n) is 8.77. The molecular formula is C18H26O7. The van der Waals surface area contributed by atoms with Gasteiger partial charge in [-0.2, -0.15) is 0 Å². The van der Waals surface area contributed by atoms with Crippen LogP contribution in [0.5, 0.6) is 0 Å². The summed E-state index contributed by atoms with van der Waals surface area (Å²) in [5.41, 5.74) is -2.43. The lowest BCUT2D eigenvalue weighted by Gasteiger charge is -2.56. The molecule has 1 aliphatic heterocycles. The number of aliphatic hydroxyl groups is 1. The summed E-state index contributed by atoms with van der Waals surface area (Å²) >= 11 is 0. The number of ether oxygens (including phenoxy) is 3. The maximum atomic E-state index is 12.7. The minimum Gasteiger partial charge on any atom is -0.469 e. The standard InChI is InChI=1S/C18H26O7/c1-8(2)11-12(16(21)23-5)18(22)7-6-10-15(20)25-14(17(10,18)4)13(11)24-9(3)19/h8,10-14,22H,6-7H2,1-5H3/t10-,11+,12-,13-,14-,17-,18-/m1/s1. The summed E-state index contributed by atoms with van der Waals surface area (Å²) in [6.07, 6.45) is -0.808. The number of carbonyl (C=O) groups excluding carboxylic acids is 3. The minimum atomic E-state index is -1.44. The van der Waals surface area contributed by atoms with Gasteiger partial charge in [0.15, 0.2) is 0 Å². The van der Waals surface area contributed by atoms with Crippen LogP contribution in [0.4, 0.5) is 0 Å². The van der Waals surface area contributed by atoms with Crippen LogP contribution < -0.4 is 0 Å². The van der Waals surface area contributed by atoms with Crippen LogP contribution in [0.25, 0.3) is 0 Å². The third-order valence-corrected chi connectivity index (χ3v) is 6.69. The number of esters is 3. The Morgan fingerprint density at radius 3 is 2.52 bits per heavy atom. The van der Waals surface area contributed by atoms with Crippen LogP contribution in [0.2, 0.25) is 0 Å². The van der Waals surface area contributed by atoms with Gasteiger partial charge in [0.05, 0.1) is 30.0 Å². The highest BCUT2D eigenvalue weighted by Gasteiger charge is 2.78. The van der Waals surface area contributed by atoms with Crippen LogP contribution in [0.1, 0.15) is 40.5 Å². The van der Waals surface area contributed by atoms with Gasteiger partial charge in [0.25, 0.3) is 0 Å². The Bertz CT molecular complexity index is 615. The van der Waals surface area contributed by atoms with Gasteiger partial charge >= 0.3 is 17.9 Å². The Kier molecular flexibility index (Phi) is 4.14. The first-order chi connectivity index (χ1) is 11.6. The third-order valence-electron chi connectivity index (χ3n) is 6.69. The highest BCUT2D eigenvalue weighted by Crippen LogP contribution is 2.66. The average Bonchev–Trinajstić information content (AvgIpc) is 2.95. The Morgan fingerprint density at radius 1 is 1.36 bits per heavy atom. The topological polar surface area (TPSA) is 99.1 Å². The molecule has 0 aromatic carbocycles. The second-order valence-corrected chi connectivity index (χ2v) is 8.05. The number of rotatable bonds is 3. The van der Waals surface area contributed by atoms with Gasteiger partial charge in [-0.3, -0.25) is 14.4 Å². The van der Waals surface area contributed by atoms with Crippen molar-refractivity contribution >= 4 is 17.9 Å². The van der Waals surface area contributed by atoms with Crippen molar-refractivity contribution in [2.75, 3.05) is 7.11 Å². The molecule has 3 aliphatic rings. The number of hydrogen-bond donors (Lipinski definition) is 1. The average molecular weight is 354 g/mol. The van der Waals surface area contributed by atoms with Gasteiger partial charge in [-0.15, -0.1) is 0 Å². The highest BCUT2D eigenvalue weighted by atomic mass is 16.6. The molecule has 7 nitrogen and oxygen atoms in total. The predicted molar refractivity (Wildman–Crippen MR) is 85.0 cm³/mol.